The van der Waals surface area contributed by atoms with Gasteiger partial charge in [0.2, 0.25) is 5.91 Å². The van der Waals surface area contributed by atoms with E-state index in [0.29, 0.717) is 0 Å². The number of thioether (sulfide) groups is 1. The molecule has 0 spiro atoms. The van der Waals surface area contributed by atoms with Crippen LogP contribution in [0.1, 0.15) is 53.4 Å². The number of nitrogens with one attached hydrogen (secondary N) is 1. The SMILES string of the molecule is CCCCSCCCC(C)(NC(C)C)C(N)=O. The summed E-state index contributed by atoms with van der Waals surface area (Å²) < 4.78 is 0. The van der Waals surface area contributed by atoms with Crippen LogP contribution in [0.3, 0.4) is 0 Å². The van der Waals surface area contributed by atoms with Gasteiger partial charge in [-0.2, -0.15) is 11.8 Å². The fourth-order valence-corrected chi connectivity index (χ4v) is 2.83. The molecule has 0 aromatic carbocycles. The Morgan fingerprint density at radius 2 is 1.94 bits per heavy atom. The molecule has 0 fully saturated rings. The Morgan fingerprint density at radius 1 is 1.35 bits per heavy atom. The van der Waals surface area contributed by atoms with Gasteiger partial charge in [-0.15, -0.1) is 0 Å². The molecule has 4 heteroatoms. The van der Waals surface area contributed by atoms with Crippen LogP contribution in [0, 0.1) is 0 Å². The fourth-order valence-electron chi connectivity index (χ4n) is 1.78. The number of primary amides is 1. The maximum absolute atomic E-state index is 11.5. The van der Waals surface area contributed by atoms with Gasteiger partial charge in [0.25, 0.3) is 0 Å². The molecular weight excluding hydrogens is 232 g/mol. The van der Waals surface area contributed by atoms with Crippen molar-refractivity contribution < 1.29 is 4.79 Å². The normalized spacial score (nSPS) is 14.9. The number of carbonyl (C=O) groups excluding carboxylic acids is 1. The first kappa shape index (κ1) is 16.8. The largest absolute Gasteiger partial charge is 0.368 e. The van der Waals surface area contributed by atoms with Crippen LogP contribution in [0.4, 0.5) is 0 Å². The zero-order valence-corrected chi connectivity index (χ0v) is 12.5. The summed E-state index contributed by atoms with van der Waals surface area (Å²) in [6.07, 6.45) is 4.39. The molecule has 0 saturated carbocycles. The molecule has 3 N–H and O–H groups in total. The van der Waals surface area contributed by atoms with Crippen molar-refractivity contribution in [2.75, 3.05) is 11.5 Å². The van der Waals surface area contributed by atoms with E-state index < -0.39 is 5.54 Å². The molecule has 3 nitrogen and oxygen atoms in total. The Morgan fingerprint density at radius 3 is 2.41 bits per heavy atom. The van der Waals surface area contributed by atoms with Crippen LogP contribution in [-0.2, 0) is 4.79 Å². The van der Waals surface area contributed by atoms with Gasteiger partial charge >= 0.3 is 0 Å². The molecule has 0 aliphatic rings. The van der Waals surface area contributed by atoms with E-state index in [0.717, 1.165) is 18.6 Å². The molecule has 0 rings (SSSR count). The van der Waals surface area contributed by atoms with Gasteiger partial charge in [0.15, 0.2) is 0 Å². The Labute approximate surface area is 110 Å². The molecule has 102 valence electrons. The van der Waals surface area contributed by atoms with Crippen LogP contribution in [0.5, 0.6) is 0 Å². The topological polar surface area (TPSA) is 55.1 Å². The maximum Gasteiger partial charge on any atom is 0.237 e. The van der Waals surface area contributed by atoms with Gasteiger partial charge in [-0.05, 0) is 51.5 Å². The molecule has 0 aliphatic carbocycles. The third-order valence-corrected chi connectivity index (χ3v) is 3.91. The maximum atomic E-state index is 11.5. The average Bonchev–Trinajstić information content (AvgIpc) is 2.22. The van der Waals surface area contributed by atoms with E-state index >= 15 is 0 Å². The Balaban J connectivity index is 3.89. The first-order chi connectivity index (χ1) is 7.92. The number of nitrogens with two attached hydrogens (primary N) is 1. The van der Waals surface area contributed by atoms with Crippen molar-refractivity contribution >= 4 is 17.7 Å². The van der Waals surface area contributed by atoms with Crippen molar-refractivity contribution in [3.05, 3.63) is 0 Å². The average molecular weight is 260 g/mol. The van der Waals surface area contributed by atoms with Gasteiger partial charge < -0.3 is 11.1 Å². The minimum absolute atomic E-state index is 0.246. The molecule has 17 heavy (non-hydrogen) atoms. The van der Waals surface area contributed by atoms with Gasteiger partial charge in [0.05, 0.1) is 5.54 Å². The fraction of sp³-hybridized carbons (Fsp3) is 0.923. The number of hydrogen-bond acceptors (Lipinski definition) is 3. The molecule has 0 radical (unpaired) electrons. The van der Waals surface area contributed by atoms with E-state index in [2.05, 4.69) is 12.2 Å². The van der Waals surface area contributed by atoms with Gasteiger partial charge in [0, 0.05) is 6.04 Å². The predicted molar refractivity (Wildman–Crippen MR) is 77.3 cm³/mol. The van der Waals surface area contributed by atoms with Gasteiger partial charge in [0.1, 0.15) is 0 Å². The van der Waals surface area contributed by atoms with E-state index in [1.54, 1.807) is 0 Å². The summed E-state index contributed by atoms with van der Waals surface area (Å²) in [4.78, 5) is 11.5. The minimum Gasteiger partial charge on any atom is -0.368 e. The second-order valence-electron chi connectivity index (χ2n) is 5.06. The van der Waals surface area contributed by atoms with Crippen LogP contribution in [0.15, 0.2) is 0 Å². The summed E-state index contributed by atoms with van der Waals surface area (Å²) in [6.45, 7) is 8.19. The van der Waals surface area contributed by atoms with Crippen molar-refractivity contribution in [1.82, 2.24) is 5.32 Å². The summed E-state index contributed by atoms with van der Waals surface area (Å²) in [5, 5.41) is 3.27. The highest BCUT2D eigenvalue weighted by atomic mass is 32.2. The minimum atomic E-state index is -0.556. The lowest BCUT2D eigenvalue weighted by Gasteiger charge is -2.29. The molecule has 0 aromatic heterocycles. The highest BCUT2D eigenvalue weighted by molar-refractivity contribution is 7.99. The molecule has 1 atom stereocenters. The lowest BCUT2D eigenvalue weighted by molar-refractivity contribution is -0.124. The van der Waals surface area contributed by atoms with Gasteiger partial charge in [-0.1, -0.05) is 13.3 Å². The highest BCUT2D eigenvalue weighted by Gasteiger charge is 2.30. The number of carbonyl (C=O) groups is 1. The number of rotatable bonds is 10. The lowest BCUT2D eigenvalue weighted by atomic mass is 9.94. The van der Waals surface area contributed by atoms with Crippen molar-refractivity contribution in [3.8, 4) is 0 Å². The van der Waals surface area contributed by atoms with E-state index in [-0.39, 0.29) is 11.9 Å². The third kappa shape index (κ3) is 7.66. The number of hydrogen-bond donors (Lipinski definition) is 2. The monoisotopic (exact) mass is 260 g/mol. The molecule has 0 aromatic rings. The van der Waals surface area contributed by atoms with Gasteiger partial charge in [-0.3, -0.25) is 4.79 Å². The van der Waals surface area contributed by atoms with E-state index in [1.165, 1.54) is 18.6 Å². The quantitative estimate of drug-likeness (QED) is 0.594. The highest BCUT2D eigenvalue weighted by Crippen LogP contribution is 2.16. The second kappa shape index (κ2) is 8.81. The standard InChI is InChI=1S/C13H28N2OS/c1-5-6-9-17-10-7-8-13(4,12(14)16)15-11(2)3/h11,15H,5-10H2,1-4H3,(H2,14,16). The summed E-state index contributed by atoms with van der Waals surface area (Å²) in [5.41, 5.74) is 4.92. The smallest absolute Gasteiger partial charge is 0.237 e. The van der Waals surface area contributed by atoms with Crippen LogP contribution in [0.2, 0.25) is 0 Å². The second-order valence-corrected chi connectivity index (χ2v) is 6.29. The zero-order chi connectivity index (χ0) is 13.3. The van der Waals surface area contributed by atoms with Gasteiger partial charge in [-0.25, -0.2) is 0 Å². The number of amides is 1. The zero-order valence-electron chi connectivity index (χ0n) is 11.7. The molecular formula is C13H28N2OS. The Kier molecular flexibility index (Phi) is 8.70. The number of unbranched alkanes of at least 4 members (excludes halogenated alkanes) is 1. The first-order valence-electron chi connectivity index (χ1n) is 6.57. The summed E-state index contributed by atoms with van der Waals surface area (Å²) >= 11 is 1.97. The lowest BCUT2D eigenvalue weighted by Crippen LogP contribution is -2.55. The van der Waals surface area contributed by atoms with E-state index in [9.17, 15) is 4.79 Å². The van der Waals surface area contributed by atoms with Crippen LogP contribution < -0.4 is 11.1 Å². The molecule has 0 aliphatic heterocycles. The summed E-state index contributed by atoms with van der Waals surface area (Å²) in [6, 6.07) is 0.278. The molecule has 1 unspecified atom stereocenters. The van der Waals surface area contributed by atoms with Crippen molar-refractivity contribution in [2.24, 2.45) is 5.73 Å². The third-order valence-electron chi connectivity index (χ3n) is 2.76. The van der Waals surface area contributed by atoms with E-state index in [4.69, 9.17) is 5.73 Å². The Bertz CT molecular complexity index is 221. The molecule has 0 saturated heterocycles. The molecule has 0 heterocycles. The molecule has 0 bridgehead atoms. The van der Waals surface area contributed by atoms with Crippen LogP contribution in [0.25, 0.3) is 0 Å². The van der Waals surface area contributed by atoms with E-state index in [1.807, 2.05) is 32.5 Å². The van der Waals surface area contributed by atoms with Crippen LogP contribution in [-0.4, -0.2) is 29.0 Å². The van der Waals surface area contributed by atoms with Crippen molar-refractivity contribution in [1.29, 1.82) is 0 Å². The van der Waals surface area contributed by atoms with Crippen molar-refractivity contribution in [3.63, 3.8) is 0 Å². The first-order valence-corrected chi connectivity index (χ1v) is 7.73. The Hall–Kier alpha value is -0.220. The summed E-state index contributed by atoms with van der Waals surface area (Å²) in [5.74, 6) is 2.09. The molecule has 1 amide bonds. The van der Waals surface area contributed by atoms with Crippen LogP contribution >= 0.6 is 11.8 Å². The summed E-state index contributed by atoms with van der Waals surface area (Å²) in [7, 11) is 0. The van der Waals surface area contributed by atoms with Crippen molar-refractivity contribution in [2.45, 2.75) is 65.0 Å². The predicted octanol–water partition coefficient (Wildman–Crippen LogP) is 2.54.